The molecule has 1 rings (SSSR count). The summed E-state index contributed by atoms with van der Waals surface area (Å²) in [5, 5.41) is 10.5. The van der Waals surface area contributed by atoms with Gasteiger partial charge in [-0.05, 0) is 25.0 Å². The van der Waals surface area contributed by atoms with Crippen molar-refractivity contribution in [1.82, 2.24) is 0 Å². The van der Waals surface area contributed by atoms with E-state index in [-0.39, 0.29) is 10.7 Å². The predicted octanol–water partition coefficient (Wildman–Crippen LogP) is 1.89. The van der Waals surface area contributed by atoms with Gasteiger partial charge in [0.05, 0.1) is 0 Å². The number of carbonyl (C=O) groups excluding carboxylic acids is 1. The molecule has 0 saturated heterocycles. The van der Waals surface area contributed by atoms with Gasteiger partial charge in [-0.15, -0.1) is 0 Å². The molecule has 1 atom stereocenters. The molecule has 0 bridgehead atoms. The number of hydrogen-bond donors (Lipinski definition) is 0. The van der Waals surface area contributed by atoms with Gasteiger partial charge in [-0.2, -0.15) is 0 Å². The van der Waals surface area contributed by atoms with E-state index in [1.807, 2.05) is 6.08 Å². The van der Waals surface area contributed by atoms with E-state index in [1.165, 1.54) is 13.0 Å². The second kappa shape index (κ2) is 4.69. The quantitative estimate of drug-likeness (QED) is 0.392. The lowest BCUT2D eigenvalue weighted by Gasteiger charge is -2.13. The second-order valence-electron chi connectivity index (χ2n) is 3.44. The summed E-state index contributed by atoms with van der Waals surface area (Å²) in [5.74, 6) is -0.0332. The fourth-order valence-corrected chi connectivity index (χ4v) is 1.46. The van der Waals surface area contributed by atoms with E-state index in [0.717, 1.165) is 12.0 Å². The molecule has 0 amide bonds. The van der Waals surface area contributed by atoms with Crippen molar-refractivity contribution in [3.63, 3.8) is 0 Å². The first-order chi connectivity index (χ1) is 6.59. The number of rotatable bonds is 3. The Bertz CT molecular complexity index is 304. The summed E-state index contributed by atoms with van der Waals surface area (Å²) in [6.45, 7) is 1.46. The van der Waals surface area contributed by atoms with Crippen LogP contribution in [-0.2, 0) is 4.79 Å². The molecule has 76 valence electrons. The molecule has 0 aromatic heterocycles. The van der Waals surface area contributed by atoms with Gasteiger partial charge in [-0.25, -0.2) is 0 Å². The maximum Gasteiger partial charge on any atom is 0.217 e. The van der Waals surface area contributed by atoms with Crippen LogP contribution in [0.25, 0.3) is 0 Å². The van der Waals surface area contributed by atoms with E-state index in [4.69, 9.17) is 0 Å². The molecule has 0 N–H and O–H groups in total. The van der Waals surface area contributed by atoms with Crippen molar-refractivity contribution in [3.05, 3.63) is 33.9 Å². The van der Waals surface area contributed by atoms with Crippen molar-refractivity contribution >= 4 is 5.78 Å². The van der Waals surface area contributed by atoms with Crippen LogP contribution in [0.15, 0.2) is 23.8 Å². The van der Waals surface area contributed by atoms with Crippen LogP contribution in [0.5, 0.6) is 0 Å². The molecule has 0 heterocycles. The number of carbonyl (C=O) groups is 1. The summed E-state index contributed by atoms with van der Waals surface area (Å²) >= 11 is 0. The van der Waals surface area contributed by atoms with Crippen LogP contribution < -0.4 is 0 Å². The normalized spacial score (nSPS) is 22.1. The number of hydrogen-bond acceptors (Lipinski definition) is 3. The molecular formula is C10H13NO3. The first-order valence-electron chi connectivity index (χ1n) is 4.61. The van der Waals surface area contributed by atoms with Crippen molar-refractivity contribution < 1.29 is 9.72 Å². The van der Waals surface area contributed by atoms with Crippen molar-refractivity contribution in [2.45, 2.75) is 32.2 Å². The molecule has 0 fully saturated rings. The lowest BCUT2D eigenvalue weighted by Crippen LogP contribution is -2.21. The van der Waals surface area contributed by atoms with Crippen molar-refractivity contribution in [3.8, 4) is 0 Å². The van der Waals surface area contributed by atoms with E-state index < -0.39 is 6.04 Å². The molecule has 0 aromatic rings. The first kappa shape index (κ1) is 10.6. The van der Waals surface area contributed by atoms with Crippen LogP contribution >= 0.6 is 0 Å². The summed E-state index contributed by atoms with van der Waals surface area (Å²) in [4.78, 5) is 20.9. The average Bonchev–Trinajstić information content (AvgIpc) is 2.15. The molecule has 4 heteroatoms. The highest BCUT2D eigenvalue weighted by Gasteiger charge is 2.23. The molecular weight excluding hydrogens is 182 g/mol. The van der Waals surface area contributed by atoms with Gasteiger partial charge in [0.15, 0.2) is 5.78 Å². The maximum absolute atomic E-state index is 10.7. The average molecular weight is 195 g/mol. The third-order valence-corrected chi connectivity index (χ3v) is 2.21. The summed E-state index contributed by atoms with van der Waals surface area (Å²) in [6.07, 6.45) is 6.86. The lowest BCUT2D eigenvalue weighted by atomic mass is 9.95. The van der Waals surface area contributed by atoms with Crippen molar-refractivity contribution in [2.24, 2.45) is 0 Å². The fourth-order valence-electron chi connectivity index (χ4n) is 1.46. The summed E-state index contributed by atoms with van der Waals surface area (Å²) < 4.78 is 0. The van der Waals surface area contributed by atoms with E-state index in [1.54, 1.807) is 6.08 Å². The Labute approximate surface area is 82.5 Å². The molecule has 0 radical (unpaired) electrons. The molecule has 0 spiro atoms. The van der Waals surface area contributed by atoms with E-state index in [2.05, 4.69) is 0 Å². The molecule has 14 heavy (non-hydrogen) atoms. The maximum atomic E-state index is 10.7. The SMILES string of the molecule is CC(=O)/C=C/C1=CCCC([N+](=O)[O-])C1. The monoisotopic (exact) mass is 195 g/mol. The Kier molecular flexibility index (Phi) is 3.56. The van der Waals surface area contributed by atoms with Gasteiger partial charge in [0, 0.05) is 17.8 Å². The third-order valence-electron chi connectivity index (χ3n) is 2.21. The molecule has 1 unspecified atom stereocenters. The van der Waals surface area contributed by atoms with Crippen molar-refractivity contribution in [2.75, 3.05) is 0 Å². The highest BCUT2D eigenvalue weighted by Crippen LogP contribution is 2.21. The Morgan fingerprint density at radius 3 is 3.00 bits per heavy atom. The zero-order chi connectivity index (χ0) is 10.6. The summed E-state index contributed by atoms with van der Waals surface area (Å²) in [5.41, 5.74) is 0.896. The predicted molar refractivity (Wildman–Crippen MR) is 52.5 cm³/mol. The highest BCUT2D eigenvalue weighted by molar-refractivity contribution is 5.87. The third kappa shape index (κ3) is 3.12. The highest BCUT2D eigenvalue weighted by atomic mass is 16.6. The van der Waals surface area contributed by atoms with Crippen LogP contribution in [-0.4, -0.2) is 16.7 Å². The minimum absolute atomic E-state index is 0.0332. The molecule has 0 aliphatic heterocycles. The van der Waals surface area contributed by atoms with Crippen LogP contribution in [0.4, 0.5) is 0 Å². The van der Waals surface area contributed by atoms with Gasteiger partial charge in [0.1, 0.15) is 0 Å². The largest absolute Gasteiger partial charge is 0.295 e. The van der Waals surface area contributed by atoms with Crippen LogP contribution in [0.3, 0.4) is 0 Å². The molecule has 4 nitrogen and oxygen atoms in total. The molecule has 0 aromatic carbocycles. The first-order valence-corrected chi connectivity index (χ1v) is 4.61. The van der Waals surface area contributed by atoms with Crippen LogP contribution in [0.1, 0.15) is 26.2 Å². The summed E-state index contributed by atoms with van der Waals surface area (Å²) in [7, 11) is 0. The van der Waals surface area contributed by atoms with E-state index in [0.29, 0.717) is 12.8 Å². The topological polar surface area (TPSA) is 60.2 Å². The van der Waals surface area contributed by atoms with Crippen LogP contribution in [0.2, 0.25) is 0 Å². The lowest BCUT2D eigenvalue weighted by molar-refractivity contribution is -0.523. The van der Waals surface area contributed by atoms with Gasteiger partial charge in [0.2, 0.25) is 6.04 Å². The van der Waals surface area contributed by atoms with Gasteiger partial charge in [0.25, 0.3) is 0 Å². The van der Waals surface area contributed by atoms with Crippen LogP contribution in [0, 0.1) is 10.1 Å². The number of nitro groups is 1. The zero-order valence-corrected chi connectivity index (χ0v) is 8.10. The Hall–Kier alpha value is -1.45. The minimum atomic E-state index is -0.480. The van der Waals surface area contributed by atoms with E-state index >= 15 is 0 Å². The molecule has 1 aliphatic carbocycles. The summed E-state index contributed by atoms with van der Waals surface area (Å²) in [6, 6.07) is -0.480. The zero-order valence-electron chi connectivity index (χ0n) is 8.10. The molecule has 1 aliphatic rings. The minimum Gasteiger partial charge on any atom is -0.295 e. The standard InChI is InChI=1S/C10H13NO3/c1-8(12)5-6-9-3-2-4-10(7-9)11(13)14/h3,5-6,10H,2,4,7H2,1H3/b6-5+. The Balaban J connectivity index is 2.59. The molecule has 0 saturated carbocycles. The van der Waals surface area contributed by atoms with Crippen molar-refractivity contribution in [1.29, 1.82) is 0 Å². The van der Waals surface area contributed by atoms with E-state index in [9.17, 15) is 14.9 Å². The Morgan fingerprint density at radius 1 is 1.71 bits per heavy atom. The Morgan fingerprint density at radius 2 is 2.43 bits per heavy atom. The second-order valence-corrected chi connectivity index (χ2v) is 3.44. The smallest absolute Gasteiger partial charge is 0.217 e. The van der Waals surface area contributed by atoms with Gasteiger partial charge in [-0.3, -0.25) is 14.9 Å². The van der Waals surface area contributed by atoms with Gasteiger partial charge >= 0.3 is 0 Å². The fraction of sp³-hybridized carbons (Fsp3) is 0.500. The number of allylic oxidation sites excluding steroid dienone is 3. The van der Waals surface area contributed by atoms with Gasteiger partial charge in [-0.1, -0.05) is 12.2 Å². The van der Waals surface area contributed by atoms with Gasteiger partial charge < -0.3 is 0 Å². The number of nitrogens with zero attached hydrogens (tertiary/aromatic N) is 1. The number of ketones is 1.